The van der Waals surface area contributed by atoms with Crippen LogP contribution in [0.25, 0.3) is 0 Å². The van der Waals surface area contributed by atoms with E-state index in [4.69, 9.17) is 0 Å². The number of nitrogens with one attached hydrogen (secondary N) is 1. The summed E-state index contributed by atoms with van der Waals surface area (Å²) in [6.07, 6.45) is 4.03. The van der Waals surface area contributed by atoms with Gasteiger partial charge in [0, 0.05) is 87.1 Å². The van der Waals surface area contributed by atoms with Crippen LogP contribution in [-0.4, -0.2) is 116 Å². The van der Waals surface area contributed by atoms with Crippen LogP contribution in [0.5, 0.6) is 0 Å². The zero-order valence-electron chi connectivity index (χ0n) is 20.7. The van der Waals surface area contributed by atoms with Crippen molar-refractivity contribution in [2.75, 3.05) is 52.4 Å². The smallest absolute Gasteiger partial charge is 0.278 e. The number of halogens is 2. The molecule has 3 heterocycles. The third-order valence-electron chi connectivity index (χ3n) is 6.25. The van der Waals surface area contributed by atoms with E-state index in [1.165, 1.54) is 32.9 Å². The van der Waals surface area contributed by atoms with Gasteiger partial charge in [-0.2, -0.15) is 18.2 Å². The molecule has 3 aliphatic heterocycles. The number of hydrogen-bond donors (Lipinski definition) is 1. The Morgan fingerprint density at radius 1 is 0.711 bits per heavy atom. The molecule has 17 heteroatoms. The molecule has 38 heavy (non-hydrogen) atoms. The lowest BCUT2D eigenvalue weighted by Crippen LogP contribution is -2.45. The molecule has 0 saturated heterocycles. The van der Waals surface area contributed by atoms with E-state index < -0.39 is 0 Å². The molecule has 0 radical (unpaired) electrons. The molecule has 0 aliphatic carbocycles. The van der Waals surface area contributed by atoms with E-state index in [1.807, 2.05) is 4.90 Å². The first-order valence-corrected chi connectivity index (χ1v) is 15.7. The summed E-state index contributed by atoms with van der Waals surface area (Å²) >= 11 is 4.13. The average molecular weight is 783 g/mol. The van der Waals surface area contributed by atoms with Crippen molar-refractivity contribution in [1.29, 1.82) is 0 Å². The van der Waals surface area contributed by atoms with Crippen LogP contribution >= 0.6 is 63.0 Å². The lowest BCUT2D eigenvalue weighted by molar-refractivity contribution is -0.139. The highest BCUT2D eigenvalue weighted by Crippen LogP contribution is 2.23. The lowest BCUT2D eigenvalue weighted by atomic mass is 9.94. The maximum absolute atomic E-state index is 12.6. The van der Waals surface area contributed by atoms with E-state index in [9.17, 15) is 28.8 Å². The minimum Gasteiger partial charge on any atom is -0.314 e. The van der Waals surface area contributed by atoms with Crippen LogP contribution in [0.3, 0.4) is 0 Å². The number of carbonyl (C=O) groups excluding carboxylic acids is 6. The third-order valence-corrected chi connectivity index (χ3v) is 8.31. The maximum Gasteiger partial charge on any atom is 0.278 e. The number of nitrogens with zero attached hydrogens (tertiary/aromatic N) is 4. The molecule has 6 amide bonds. The standard InChI is InChI=1S/C21H27B2I2N5O6P2/c1-13-10-16(31)29(19(13)34)8-6-27(7-9-30-18(33)12-15(21(30)36)23(25)38)4-2-26-3-5-28-17(32)11-14(20(28)35)22(24)37/h10-12,26H,2-9,37-38H2,1H3. The Labute approximate surface area is 253 Å². The van der Waals surface area contributed by atoms with Gasteiger partial charge in [0.2, 0.25) is 11.8 Å². The Bertz CT molecular complexity index is 1150. The van der Waals surface area contributed by atoms with Gasteiger partial charge in [0.05, 0.1) is 0 Å². The molecule has 2 atom stereocenters. The molecule has 0 bridgehead atoms. The van der Waals surface area contributed by atoms with Gasteiger partial charge in [0.25, 0.3) is 32.2 Å². The third kappa shape index (κ3) is 7.60. The Hall–Kier alpha value is -0.990. The van der Waals surface area contributed by atoms with E-state index in [0.717, 1.165) is 0 Å². The second-order valence-corrected chi connectivity index (χ2v) is 15.5. The Morgan fingerprint density at radius 2 is 1.16 bits per heavy atom. The number of imide groups is 3. The van der Waals surface area contributed by atoms with Crippen LogP contribution in [0.2, 0.25) is 0 Å². The van der Waals surface area contributed by atoms with Crippen molar-refractivity contribution >= 4 is 107 Å². The number of hydrogen-bond acceptors (Lipinski definition) is 8. The van der Waals surface area contributed by atoms with Crippen molar-refractivity contribution in [3.8, 4) is 0 Å². The van der Waals surface area contributed by atoms with Crippen molar-refractivity contribution in [1.82, 2.24) is 24.9 Å². The summed E-state index contributed by atoms with van der Waals surface area (Å²) < 4.78 is -0.305. The highest BCUT2D eigenvalue weighted by molar-refractivity contribution is 14.1. The summed E-state index contributed by atoms with van der Waals surface area (Å²) in [6, 6.07) is 0. The van der Waals surface area contributed by atoms with Crippen molar-refractivity contribution in [2.45, 2.75) is 6.92 Å². The van der Waals surface area contributed by atoms with Gasteiger partial charge >= 0.3 is 0 Å². The fourth-order valence-corrected chi connectivity index (χ4v) is 5.47. The van der Waals surface area contributed by atoms with Gasteiger partial charge < -0.3 is 5.32 Å². The summed E-state index contributed by atoms with van der Waals surface area (Å²) in [6.45, 7) is 4.25. The highest BCUT2D eigenvalue weighted by Gasteiger charge is 2.35. The Balaban J connectivity index is 1.52. The van der Waals surface area contributed by atoms with Crippen LogP contribution in [0.1, 0.15) is 6.92 Å². The summed E-state index contributed by atoms with van der Waals surface area (Å²) in [5.41, 5.74) is 1.28. The topological polar surface area (TPSA) is 127 Å². The van der Waals surface area contributed by atoms with E-state index in [-0.39, 0.29) is 63.7 Å². The van der Waals surface area contributed by atoms with Gasteiger partial charge in [-0.05, 0) is 6.92 Å². The molecule has 0 fully saturated rings. The molecule has 202 valence electrons. The molecule has 3 aliphatic rings. The summed E-state index contributed by atoms with van der Waals surface area (Å²) in [4.78, 5) is 79.4. The molecule has 3 rings (SSSR count). The predicted octanol–water partition coefficient (Wildman–Crippen LogP) is -0.541. The zero-order valence-corrected chi connectivity index (χ0v) is 27.3. The van der Waals surface area contributed by atoms with E-state index in [2.05, 4.69) is 68.3 Å². The first kappa shape index (κ1) is 31.5. The van der Waals surface area contributed by atoms with Crippen LogP contribution < -0.4 is 5.32 Å². The van der Waals surface area contributed by atoms with Gasteiger partial charge in [0.1, 0.15) is 0 Å². The predicted molar refractivity (Wildman–Crippen MR) is 168 cm³/mol. The monoisotopic (exact) mass is 783 g/mol. The van der Waals surface area contributed by atoms with E-state index in [0.29, 0.717) is 49.2 Å². The van der Waals surface area contributed by atoms with Crippen LogP contribution in [-0.2, 0) is 28.8 Å². The number of carbonyl (C=O) groups is 6. The molecule has 1 N–H and O–H groups in total. The fourth-order valence-electron chi connectivity index (χ4n) is 4.10. The minimum absolute atomic E-state index is 0.136. The normalized spacial score (nSPS) is 17.8. The molecular formula is C21H27B2I2N5O6P2. The molecule has 0 aromatic heterocycles. The highest BCUT2D eigenvalue weighted by atomic mass is 127. The maximum atomic E-state index is 12.6. The summed E-state index contributed by atoms with van der Waals surface area (Å²) in [7, 11) is 5.01. The van der Waals surface area contributed by atoms with Crippen molar-refractivity contribution in [3.05, 3.63) is 34.7 Å². The molecule has 0 aromatic rings. The van der Waals surface area contributed by atoms with Gasteiger partial charge in [-0.25, -0.2) is 0 Å². The molecule has 0 aromatic carbocycles. The SMILES string of the molecule is CC1=CC(=O)N(CCN(CCNCCN2C(=O)C=C(B(P)I)C2=O)CCN2C(=O)C=C(B(P)I)C2=O)C1=O. The number of amides is 6. The summed E-state index contributed by atoms with van der Waals surface area (Å²) in [5, 5.41) is 3.21. The number of rotatable bonds is 14. The van der Waals surface area contributed by atoms with E-state index in [1.54, 1.807) is 6.92 Å². The first-order valence-electron chi connectivity index (χ1n) is 11.8. The quantitative estimate of drug-likeness (QED) is 0.0820. The minimum atomic E-state index is -0.357. The Kier molecular flexibility index (Phi) is 11.7. The second kappa shape index (κ2) is 14.1. The van der Waals surface area contributed by atoms with Gasteiger partial charge in [-0.1, -0.05) is 0 Å². The van der Waals surface area contributed by atoms with Gasteiger partial charge in [0.15, 0.2) is 0 Å². The van der Waals surface area contributed by atoms with Crippen molar-refractivity contribution in [2.24, 2.45) is 0 Å². The van der Waals surface area contributed by atoms with Crippen LogP contribution in [0.4, 0.5) is 0 Å². The molecular weight excluding hydrogens is 756 g/mol. The Morgan fingerprint density at radius 3 is 1.58 bits per heavy atom. The molecule has 0 saturated carbocycles. The van der Waals surface area contributed by atoms with E-state index >= 15 is 0 Å². The zero-order chi connectivity index (χ0) is 28.1. The van der Waals surface area contributed by atoms with Crippen molar-refractivity contribution < 1.29 is 28.8 Å². The van der Waals surface area contributed by atoms with Gasteiger partial charge in [-0.15, -0.1) is 44.7 Å². The molecule has 0 spiro atoms. The molecule has 11 nitrogen and oxygen atoms in total. The second-order valence-electron chi connectivity index (χ2n) is 8.81. The largest absolute Gasteiger partial charge is 0.314 e. The fraction of sp³-hybridized carbons (Fsp3) is 0.429. The van der Waals surface area contributed by atoms with Crippen LogP contribution in [0, 0.1) is 0 Å². The average Bonchev–Trinajstić information content (AvgIpc) is 3.39. The van der Waals surface area contributed by atoms with Gasteiger partial charge in [-0.3, -0.25) is 48.4 Å². The van der Waals surface area contributed by atoms with Crippen molar-refractivity contribution in [3.63, 3.8) is 0 Å². The van der Waals surface area contributed by atoms with Crippen LogP contribution in [0.15, 0.2) is 34.7 Å². The first-order chi connectivity index (χ1) is 17.9. The molecule has 2 unspecified atom stereocenters. The lowest BCUT2D eigenvalue weighted by Gasteiger charge is -2.27. The summed E-state index contributed by atoms with van der Waals surface area (Å²) in [5.74, 6) is -1.97.